The van der Waals surface area contributed by atoms with E-state index in [2.05, 4.69) is 6.92 Å². The summed E-state index contributed by atoms with van der Waals surface area (Å²) in [5.74, 6) is 0.0290. The highest BCUT2D eigenvalue weighted by Gasteiger charge is 2.15. The Hall–Kier alpha value is -1.07. The highest BCUT2D eigenvalue weighted by atomic mass is 32.2. The topological polar surface area (TPSA) is 74.6 Å². The Morgan fingerprint density at radius 2 is 1.28 bits per heavy atom. The first-order chi connectivity index (χ1) is 11.9. The van der Waals surface area contributed by atoms with Crippen LogP contribution in [0.25, 0.3) is 0 Å². The Kier molecular flexibility index (Phi) is 10.8. The summed E-state index contributed by atoms with van der Waals surface area (Å²) in [5.41, 5.74) is 0.495. The van der Waals surface area contributed by atoms with Crippen molar-refractivity contribution >= 4 is 10.1 Å². The van der Waals surface area contributed by atoms with Gasteiger partial charge in [-0.15, -0.1) is 0 Å². The average molecular weight is 371 g/mol. The van der Waals surface area contributed by atoms with E-state index in [0.717, 1.165) is 19.3 Å². The first kappa shape index (κ1) is 22.0. The quantitative estimate of drug-likeness (QED) is 0.317. The van der Waals surface area contributed by atoms with Crippen LogP contribution < -0.4 is 0 Å². The molecule has 0 heterocycles. The number of aryl methyl sites for hydroxylation is 1. The standard InChI is InChI=1S/C20H34O4S/c1-2-3-4-5-6-7-8-9-10-11-12-13-14-18-17-19(21)15-16-20(18)25(22,23)24/h15-17,21H,2-14H2,1H3,(H,22,23,24). The van der Waals surface area contributed by atoms with E-state index >= 15 is 0 Å². The summed E-state index contributed by atoms with van der Waals surface area (Å²) in [6, 6.07) is 3.98. The lowest BCUT2D eigenvalue weighted by Crippen LogP contribution is -2.03. The maximum atomic E-state index is 11.4. The van der Waals surface area contributed by atoms with Crippen LogP contribution in [0.4, 0.5) is 0 Å². The molecule has 4 nitrogen and oxygen atoms in total. The smallest absolute Gasteiger partial charge is 0.294 e. The van der Waals surface area contributed by atoms with Crippen molar-refractivity contribution in [2.75, 3.05) is 0 Å². The predicted octanol–water partition coefficient (Wildman–Crippen LogP) is 5.88. The molecule has 0 aliphatic rings. The van der Waals surface area contributed by atoms with E-state index in [1.807, 2.05) is 0 Å². The summed E-state index contributed by atoms with van der Waals surface area (Å²) in [6.07, 6.45) is 15.5. The summed E-state index contributed by atoms with van der Waals surface area (Å²) in [5, 5.41) is 9.52. The molecule has 5 heteroatoms. The molecule has 0 aliphatic heterocycles. The zero-order chi connectivity index (χ0) is 18.5. The van der Waals surface area contributed by atoms with Gasteiger partial charge in [0.1, 0.15) is 5.75 Å². The molecule has 0 aromatic heterocycles. The van der Waals surface area contributed by atoms with Gasteiger partial charge >= 0.3 is 0 Å². The van der Waals surface area contributed by atoms with Crippen molar-refractivity contribution < 1.29 is 18.1 Å². The van der Waals surface area contributed by atoms with Gasteiger partial charge in [0.2, 0.25) is 0 Å². The van der Waals surface area contributed by atoms with Crippen LogP contribution in [0.5, 0.6) is 5.75 Å². The van der Waals surface area contributed by atoms with Gasteiger partial charge in [-0.25, -0.2) is 0 Å². The lowest BCUT2D eigenvalue weighted by atomic mass is 10.0. The molecule has 1 rings (SSSR count). The summed E-state index contributed by atoms with van der Waals surface area (Å²) in [6.45, 7) is 2.24. The molecule has 0 fully saturated rings. The number of rotatable bonds is 14. The minimum Gasteiger partial charge on any atom is -0.508 e. The molecular weight excluding hydrogens is 336 g/mol. The summed E-state index contributed by atoms with van der Waals surface area (Å²) < 4.78 is 32.0. The van der Waals surface area contributed by atoms with Gasteiger partial charge in [0.15, 0.2) is 0 Å². The highest BCUT2D eigenvalue weighted by molar-refractivity contribution is 7.85. The van der Waals surface area contributed by atoms with E-state index in [-0.39, 0.29) is 10.6 Å². The second-order valence-electron chi connectivity index (χ2n) is 6.91. The molecule has 144 valence electrons. The molecule has 0 radical (unpaired) electrons. The molecule has 0 amide bonds. The summed E-state index contributed by atoms with van der Waals surface area (Å²) in [4.78, 5) is -0.0895. The summed E-state index contributed by atoms with van der Waals surface area (Å²) >= 11 is 0. The van der Waals surface area contributed by atoms with E-state index in [9.17, 15) is 18.1 Å². The maximum Gasteiger partial charge on any atom is 0.294 e. The number of hydrogen-bond donors (Lipinski definition) is 2. The number of benzene rings is 1. The van der Waals surface area contributed by atoms with Crippen molar-refractivity contribution in [3.05, 3.63) is 23.8 Å². The predicted molar refractivity (Wildman–Crippen MR) is 103 cm³/mol. The fourth-order valence-electron chi connectivity index (χ4n) is 3.17. The fourth-order valence-corrected chi connectivity index (χ4v) is 3.90. The van der Waals surface area contributed by atoms with E-state index in [0.29, 0.717) is 12.0 Å². The van der Waals surface area contributed by atoms with E-state index in [4.69, 9.17) is 0 Å². The minimum atomic E-state index is -4.23. The van der Waals surface area contributed by atoms with Crippen LogP contribution in [0.3, 0.4) is 0 Å². The molecule has 0 bridgehead atoms. The molecule has 0 saturated carbocycles. The average Bonchev–Trinajstić information content (AvgIpc) is 2.55. The van der Waals surface area contributed by atoms with Gasteiger partial charge in [-0.05, 0) is 36.6 Å². The summed E-state index contributed by atoms with van der Waals surface area (Å²) in [7, 11) is -4.23. The molecule has 1 aromatic rings. The fraction of sp³-hybridized carbons (Fsp3) is 0.700. The van der Waals surface area contributed by atoms with Crippen LogP contribution in [-0.2, 0) is 16.5 Å². The van der Waals surface area contributed by atoms with E-state index < -0.39 is 10.1 Å². The number of phenols is 1. The molecular formula is C20H34O4S. The van der Waals surface area contributed by atoms with Crippen molar-refractivity contribution in [3.8, 4) is 5.75 Å². The van der Waals surface area contributed by atoms with Crippen molar-refractivity contribution in [2.45, 2.75) is 95.3 Å². The Morgan fingerprint density at radius 3 is 1.76 bits per heavy atom. The SMILES string of the molecule is CCCCCCCCCCCCCCc1cc(O)ccc1S(=O)(=O)O. The third kappa shape index (κ3) is 9.85. The third-order valence-corrected chi connectivity index (χ3v) is 5.58. The Balaban J connectivity index is 2.13. The van der Waals surface area contributed by atoms with E-state index in [1.165, 1.54) is 76.0 Å². The Labute approximate surface area is 153 Å². The Morgan fingerprint density at radius 1 is 0.800 bits per heavy atom. The second-order valence-corrected chi connectivity index (χ2v) is 8.30. The van der Waals surface area contributed by atoms with Gasteiger partial charge < -0.3 is 5.11 Å². The van der Waals surface area contributed by atoms with Gasteiger partial charge in [-0.3, -0.25) is 4.55 Å². The molecule has 0 unspecified atom stereocenters. The minimum absolute atomic E-state index is 0.0290. The molecule has 1 aromatic carbocycles. The van der Waals surface area contributed by atoms with Gasteiger partial charge in [0, 0.05) is 0 Å². The van der Waals surface area contributed by atoms with Gasteiger partial charge in [0.25, 0.3) is 10.1 Å². The van der Waals surface area contributed by atoms with Crippen LogP contribution in [0, 0.1) is 0 Å². The van der Waals surface area contributed by atoms with Crippen LogP contribution in [-0.4, -0.2) is 18.1 Å². The van der Waals surface area contributed by atoms with Crippen molar-refractivity contribution in [2.24, 2.45) is 0 Å². The van der Waals surface area contributed by atoms with E-state index in [1.54, 1.807) is 0 Å². The lowest BCUT2D eigenvalue weighted by Gasteiger charge is -2.08. The lowest BCUT2D eigenvalue weighted by molar-refractivity contribution is 0.470. The van der Waals surface area contributed by atoms with Crippen molar-refractivity contribution in [3.63, 3.8) is 0 Å². The van der Waals surface area contributed by atoms with Crippen LogP contribution in [0.15, 0.2) is 23.1 Å². The monoisotopic (exact) mass is 370 g/mol. The van der Waals surface area contributed by atoms with Crippen LogP contribution >= 0.6 is 0 Å². The first-order valence-corrected chi connectivity index (χ1v) is 11.2. The van der Waals surface area contributed by atoms with Crippen molar-refractivity contribution in [1.82, 2.24) is 0 Å². The van der Waals surface area contributed by atoms with Gasteiger partial charge in [-0.1, -0.05) is 77.6 Å². The third-order valence-electron chi connectivity index (χ3n) is 4.62. The molecule has 25 heavy (non-hydrogen) atoms. The number of hydrogen-bond acceptors (Lipinski definition) is 3. The van der Waals surface area contributed by atoms with Crippen molar-refractivity contribution in [1.29, 1.82) is 0 Å². The molecule has 2 N–H and O–H groups in total. The highest BCUT2D eigenvalue weighted by Crippen LogP contribution is 2.23. The molecule has 0 aliphatic carbocycles. The molecule has 0 spiro atoms. The number of aromatic hydroxyl groups is 1. The van der Waals surface area contributed by atoms with Crippen LogP contribution in [0.2, 0.25) is 0 Å². The molecule has 0 saturated heterocycles. The largest absolute Gasteiger partial charge is 0.508 e. The van der Waals surface area contributed by atoms with Crippen LogP contribution in [0.1, 0.15) is 89.5 Å². The first-order valence-electron chi connectivity index (χ1n) is 9.74. The molecule has 0 atom stereocenters. The van der Waals surface area contributed by atoms with Gasteiger partial charge in [0.05, 0.1) is 4.90 Å². The van der Waals surface area contributed by atoms with Gasteiger partial charge in [-0.2, -0.15) is 8.42 Å². The maximum absolute atomic E-state index is 11.4. The second kappa shape index (κ2) is 12.3. The zero-order valence-corrected chi connectivity index (χ0v) is 16.4. The Bertz CT molecular complexity index is 581. The number of phenolic OH excluding ortho intramolecular Hbond substituents is 1. The normalized spacial score (nSPS) is 11.8. The zero-order valence-electron chi connectivity index (χ0n) is 15.5. The number of unbranched alkanes of at least 4 members (excludes halogenated alkanes) is 11.